The van der Waals surface area contributed by atoms with Crippen molar-refractivity contribution < 1.29 is 4.79 Å². The molecular formula is C12H21ClN4O. The van der Waals surface area contributed by atoms with Crippen molar-refractivity contribution in [3.8, 4) is 0 Å². The lowest BCUT2D eigenvalue weighted by molar-refractivity contribution is 0.0918. The Balaban J connectivity index is 2.86. The van der Waals surface area contributed by atoms with E-state index in [0.717, 1.165) is 6.54 Å². The predicted molar refractivity (Wildman–Crippen MR) is 73.2 cm³/mol. The van der Waals surface area contributed by atoms with Gasteiger partial charge in [0.05, 0.1) is 17.8 Å². The molecule has 0 fully saturated rings. The van der Waals surface area contributed by atoms with E-state index in [9.17, 15) is 4.79 Å². The van der Waals surface area contributed by atoms with Gasteiger partial charge < -0.3 is 10.2 Å². The van der Waals surface area contributed by atoms with Gasteiger partial charge in [0.25, 0.3) is 0 Å². The third-order valence-corrected chi connectivity index (χ3v) is 3.02. The van der Waals surface area contributed by atoms with Crippen LogP contribution in [-0.2, 0) is 6.54 Å². The number of aromatic nitrogens is 2. The Morgan fingerprint density at radius 1 is 1.61 bits per heavy atom. The van der Waals surface area contributed by atoms with Crippen molar-refractivity contribution in [2.45, 2.75) is 13.5 Å². The number of likely N-dealkylation sites (N-methyl/N-ethyl adjacent to an activating group) is 1. The van der Waals surface area contributed by atoms with Crippen molar-refractivity contribution >= 4 is 17.4 Å². The molecule has 0 saturated carbocycles. The lowest BCUT2D eigenvalue weighted by Gasteiger charge is -2.14. The predicted octanol–water partition coefficient (Wildman–Crippen LogP) is 1.14. The van der Waals surface area contributed by atoms with Crippen molar-refractivity contribution in [2.75, 3.05) is 34.2 Å². The lowest BCUT2D eigenvalue weighted by Crippen LogP contribution is -2.27. The highest BCUT2D eigenvalue weighted by Gasteiger charge is 2.22. The maximum absolute atomic E-state index is 12.3. The van der Waals surface area contributed by atoms with Crippen LogP contribution in [0.15, 0.2) is 6.20 Å². The van der Waals surface area contributed by atoms with Crippen molar-refractivity contribution in [3.63, 3.8) is 0 Å². The van der Waals surface area contributed by atoms with Crippen LogP contribution in [0.4, 0.5) is 0 Å². The van der Waals surface area contributed by atoms with Crippen LogP contribution < -0.4 is 5.32 Å². The monoisotopic (exact) mass is 272 g/mol. The molecule has 102 valence electrons. The molecule has 5 nitrogen and oxygen atoms in total. The van der Waals surface area contributed by atoms with Crippen LogP contribution >= 0.6 is 11.6 Å². The summed E-state index contributed by atoms with van der Waals surface area (Å²) in [4.78, 5) is 14.3. The van der Waals surface area contributed by atoms with Gasteiger partial charge in [0.1, 0.15) is 5.69 Å². The average Bonchev–Trinajstić information content (AvgIpc) is 2.67. The summed E-state index contributed by atoms with van der Waals surface area (Å²) in [5.74, 6) is -0.0760. The highest BCUT2D eigenvalue weighted by atomic mass is 35.5. The molecule has 0 aliphatic rings. The van der Waals surface area contributed by atoms with Gasteiger partial charge in [-0.3, -0.25) is 9.48 Å². The van der Waals surface area contributed by atoms with E-state index in [2.05, 4.69) is 10.4 Å². The third-order valence-electron chi connectivity index (χ3n) is 2.75. The summed E-state index contributed by atoms with van der Waals surface area (Å²) in [5.41, 5.74) is 0.515. The van der Waals surface area contributed by atoms with E-state index < -0.39 is 0 Å². The van der Waals surface area contributed by atoms with Crippen LogP contribution in [0, 0.1) is 5.92 Å². The van der Waals surface area contributed by atoms with E-state index in [1.54, 1.807) is 4.68 Å². The molecule has 1 atom stereocenters. The molecule has 1 aromatic rings. The molecule has 0 bridgehead atoms. The zero-order valence-corrected chi connectivity index (χ0v) is 12.2. The quantitative estimate of drug-likeness (QED) is 0.756. The zero-order chi connectivity index (χ0) is 13.7. The van der Waals surface area contributed by atoms with Crippen LogP contribution in [0.1, 0.15) is 17.4 Å². The SMILES string of the molecule is CNCC(C)C(=O)c1c(Cl)cnn1CCN(C)C. The minimum Gasteiger partial charge on any atom is -0.319 e. The Hall–Kier alpha value is -0.910. The van der Waals surface area contributed by atoms with Gasteiger partial charge >= 0.3 is 0 Å². The topological polar surface area (TPSA) is 50.2 Å². The van der Waals surface area contributed by atoms with Gasteiger partial charge in [0, 0.05) is 19.0 Å². The first-order valence-corrected chi connectivity index (χ1v) is 6.40. The summed E-state index contributed by atoms with van der Waals surface area (Å²) < 4.78 is 1.69. The van der Waals surface area contributed by atoms with E-state index in [0.29, 0.717) is 23.8 Å². The van der Waals surface area contributed by atoms with Crippen molar-refractivity contribution in [1.29, 1.82) is 0 Å². The number of hydrogen-bond acceptors (Lipinski definition) is 4. The number of Topliss-reactive ketones (excluding diaryl/α,β-unsaturated/α-hetero) is 1. The van der Waals surface area contributed by atoms with E-state index in [4.69, 9.17) is 11.6 Å². The Morgan fingerprint density at radius 3 is 2.83 bits per heavy atom. The highest BCUT2D eigenvalue weighted by molar-refractivity contribution is 6.33. The molecule has 0 aliphatic carbocycles. The van der Waals surface area contributed by atoms with E-state index in [-0.39, 0.29) is 11.7 Å². The number of carbonyl (C=O) groups excluding carboxylic acids is 1. The first kappa shape index (κ1) is 15.1. The second kappa shape index (κ2) is 6.87. The molecular weight excluding hydrogens is 252 g/mol. The van der Waals surface area contributed by atoms with Crippen molar-refractivity contribution in [2.24, 2.45) is 5.92 Å². The molecule has 0 radical (unpaired) electrons. The smallest absolute Gasteiger partial charge is 0.186 e. The van der Waals surface area contributed by atoms with Gasteiger partial charge in [-0.15, -0.1) is 0 Å². The number of carbonyl (C=O) groups is 1. The molecule has 0 aliphatic heterocycles. The molecule has 1 N–H and O–H groups in total. The Bertz CT molecular complexity index is 403. The van der Waals surface area contributed by atoms with E-state index >= 15 is 0 Å². The van der Waals surface area contributed by atoms with Gasteiger partial charge in [0.15, 0.2) is 5.78 Å². The van der Waals surface area contributed by atoms with Gasteiger partial charge in [-0.25, -0.2) is 0 Å². The zero-order valence-electron chi connectivity index (χ0n) is 11.4. The largest absolute Gasteiger partial charge is 0.319 e. The number of hydrogen-bond donors (Lipinski definition) is 1. The Labute approximate surface area is 113 Å². The molecule has 0 amide bonds. The van der Waals surface area contributed by atoms with Crippen LogP contribution in [0.5, 0.6) is 0 Å². The number of nitrogens with zero attached hydrogens (tertiary/aromatic N) is 3. The summed E-state index contributed by atoms with van der Waals surface area (Å²) >= 11 is 6.06. The van der Waals surface area contributed by atoms with E-state index in [1.165, 1.54) is 6.20 Å². The molecule has 1 rings (SSSR count). The third kappa shape index (κ3) is 3.80. The summed E-state index contributed by atoms with van der Waals surface area (Å²) in [5, 5.41) is 7.60. The fourth-order valence-corrected chi connectivity index (χ4v) is 1.94. The average molecular weight is 273 g/mol. The Morgan fingerprint density at radius 2 is 2.28 bits per heavy atom. The number of halogens is 1. The second-order valence-electron chi connectivity index (χ2n) is 4.69. The molecule has 6 heteroatoms. The summed E-state index contributed by atoms with van der Waals surface area (Å²) in [7, 11) is 5.79. The molecule has 0 saturated heterocycles. The first-order chi connectivity index (χ1) is 8.47. The summed E-state index contributed by atoms with van der Waals surface area (Å²) in [6, 6.07) is 0. The van der Waals surface area contributed by atoms with Gasteiger partial charge in [-0.1, -0.05) is 18.5 Å². The van der Waals surface area contributed by atoms with Crippen LogP contribution in [-0.4, -0.2) is 54.7 Å². The molecule has 1 unspecified atom stereocenters. The number of rotatable bonds is 7. The van der Waals surface area contributed by atoms with Crippen molar-refractivity contribution in [1.82, 2.24) is 20.0 Å². The summed E-state index contributed by atoms with van der Waals surface area (Å²) in [6.45, 7) is 4.00. The van der Waals surface area contributed by atoms with Gasteiger partial charge in [-0.2, -0.15) is 5.10 Å². The molecule has 0 spiro atoms. The maximum Gasteiger partial charge on any atom is 0.186 e. The van der Waals surface area contributed by atoms with Gasteiger partial charge in [-0.05, 0) is 21.1 Å². The number of nitrogens with one attached hydrogen (secondary N) is 1. The minimum atomic E-state index is -0.109. The molecule has 18 heavy (non-hydrogen) atoms. The van der Waals surface area contributed by atoms with Crippen LogP contribution in [0.3, 0.4) is 0 Å². The lowest BCUT2D eigenvalue weighted by atomic mass is 10.0. The minimum absolute atomic E-state index is 0.0330. The second-order valence-corrected chi connectivity index (χ2v) is 5.10. The van der Waals surface area contributed by atoms with Crippen LogP contribution in [0.25, 0.3) is 0 Å². The Kier molecular flexibility index (Phi) is 5.78. The first-order valence-electron chi connectivity index (χ1n) is 6.02. The fraction of sp³-hybridized carbons (Fsp3) is 0.667. The highest BCUT2D eigenvalue weighted by Crippen LogP contribution is 2.19. The molecule has 0 aromatic carbocycles. The standard InChI is InChI=1S/C12H21ClN4O/c1-9(7-14-2)12(18)11-10(13)8-15-17(11)6-5-16(3)4/h8-9,14H,5-7H2,1-4H3. The normalized spacial score (nSPS) is 13.0. The fourth-order valence-electron chi connectivity index (χ4n) is 1.70. The molecule has 1 heterocycles. The molecule has 1 aromatic heterocycles. The van der Waals surface area contributed by atoms with Gasteiger partial charge in [0.2, 0.25) is 0 Å². The maximum atomic E-state index is 12.3. The number of ketones is 1. The summed E-state index contributed by atoms with van der Waals surface area (Å²) in [6.07, 6.45) is 1.54. The van der Waals surface area contributed by atoms with Crippen LogP contribution in [0.2, 0.25) is 5.02 Å². The van der Waals surface area contributed by atoms with Crippen molar-refractivity contribution in [3.05, 3.63) is 16.9 Å². The van der Waals surface area contributed by atoms with E-state index in [1.807, 2.05) is 33.0 Å².